The molecule has 1 heterocycles. The summed E-state index contributed by atoms with van der Waals surface area (Å²) in [6.45, 7) is 4.52. The van der Waals surface area contributed by atoms with Gasteiger partial charge in [0.15, 0.2) is 5.66 Å². The molecule has 78 valence electrons. The van der Waals surface area contributed by atoms with Crippen LogP contribution in [0.5, 0.6) is 0 Å². The van der Waals surface area contributed by atoms with Crippen molar-refractivity contribution >= 4 is 5.91 Å². The van der Waals surface area contributed by atoms with E-state index in [0.29, 0.717) is 19.5 Å². The van der Waals surface area contributed by atoms with Crippen molar-refractivity contribution in [3.8, 4) is 6.07 Å². The molecule has 1 aliphatic rings. The molecule has 0 aromatic rings. The number of carbonyl (C=O) groups is 1. The van der Waals surface area contributed by atoms with Gasteiger partial charge in [-0.1, -0.05) is 6.92 Å². The third kappa shape index (κ3) is 1.47. The minimum absolute atomic E-state index is 0.111. The number of nitrogens with zero attached hydrogens (tertiary/aromatic N) is 2. The van der Waals surface area contributed by atoms with Gasteiger partial charge in [0, 0.05) is 13.5 Å². The number of likely N-dealkylation sites (tertiary alicyclic amines) is 1. The number of rotatable bonds is 2. The number of amides is 1. The first-order chi connectivity index (χ1) is 6.58. The molecule has 5 heteroatoms. The molecule has 1 rings (SSSR count). The second-order valence-corrected chi connectivity index (χ2v) is 3.47. The van der Waals surface area contributed by atoms with Gasteiger partial charge in [-0.15, -0.1) is 0 Å². The fourth-order valence-electron chi connectivity index (χ4n) is 1.94. The Kier molecular flexibility index (Phi) is 3.09. The first-order valence-corrected chi connectivity index (χ1v) is 4.78. The normalized spacial score (nSPS) is 31.6. The van der Waals surface area contributed by atoms with E-state index in [1.54, 1.807) is 0 Å². The van der Waals surface area contributed by atoms with Gasteiger partial charge in [0.05, 0.1) is 6.04 Å². The van der Waals surface area contributed by atoms with Gasteiger partial charge < -0.3 is 10.6 Å². The van der Waals surface area contributed by atoms with Gasteiger partial charge in [-0.3, -0.25) is 10.1 Å². The third-order valence-corrected chi connectivity index (χ3v) is 2.62. The average molecular weight is 196 g/mol. The minimum Gasteiger partial charge on any atom is -0.324 e. The zero-order valence-corrected chi connectivity index (χ0v) is 8.58. The van der Waals surface area contributed by atoms with Crippen LogP contribution in [0.4, 0.5) is 0 Å². The van der Waals surface area contributed by atoms with Crippen molar-refractivity contribution in [1.29, 1.82) is 5.26 Å². The Morgan fingerprint density at radius 1 is 1.86 bits per heavy atom. The van der Waals surface area contributed by atoms with E-state index in [9.17, 15) is 4.79 Å². The van der Waals surface area contributed by atoms with Crippen molar-refractivity contribution in [3.63, 3.8) is 0 Å². The fourth-order valence-corrected chi connectivity index (χ4v) is 1.94. The molecule has 1 aliphatic heterocycles. The Morgan fingerprint density at radius 2 is 2.50 bits per heavy atom. The molecule has 0 saturated carbocycles. The molecule has 1 amide bonds. The molecular weight excluding hydrogens is 180 g/mol. The highest BCUT2D eigenvalue weighted by atomic mass is 16.2. The summed E-state index contributed by atoms with van der Waals surface area (Å²) in [6, 6.07) is 1.82. The van der Waals surface area contributed by atoms with Crippen molar-refractivity contribution in [2.45, 2.75) is 32.0 Å². The molecule has 0 aliphatic carbocycles. The third-order valence-electron chi connectivity index (χ3n) is 2.62. The lowest BCUT2D eigenvalue weighted by Crippen LogP contribution is -2.63. The molecule has 1 unspecified atom stereocenters. The first kappa shape index (κ1) is 11.0. The summed E-state index contributed by atoms with van der Waals surface area (Å²) in [4.78, 5) is 12.8. The van der Waals surface area contributed by atoms with E-state index in [0.717, 1.165) is 0 Å². The maximum atomic E-state index is 11.3. The fraction of sp³-hybridized carbons (Fsp3) is 0.778. The Bertz CT molecular complexity index is 272. The van der Waals surface area contributed by atoms with Crippen LogP contribution in [0.15, 0.2) is 0 Å². The number of hydrogen-bond acceptors (Lipinski definition) is 4. The van der Waals surface area contributed by atoms with E-state index >= 15 is 0 Å². The SMILES string of the molecule is CCN[C@@]1(C#N)C(N)CCN1C(C)=O. The monoisotopic (exact) mass is 196 g/mol. The highest BCUT2D eigenvalue weighted by Gasteiger charge is 2.48. The van der Waals surface area contributed by atoms with Gasteiger partial charge >= 0.3 is 0 Å². The standard InChI is InChI=1S/C9H16N4O/c1-3-12-9(6-10)8(11)4-5-13(9)7(2)14/h8,12H,3-5,11H2,1-2H3/t8?,9-/m1/s1. The van der Waals surface area contributed by atoms with Gasteiger partial charge in [0.2, 0.25) is 5.91 Å². The Labute approximate surface area is 83.9 Å². The Morgan fingerprint density at radius 3 is 2.93 bits per heavy atom. The molecule has 3 N–H and O–H groups in total. The minimum atomic E-state index is -0.999. The summed E-state index contributed by atoms with van der Waals surface area (Å²) in [5.74, 6) is -0.111. The molecule has 0 bridgehead atoms. The zero-order valence-electron chi connectivity index (χ0n) is 8.58. The van der Waals surface area contributed by atoms with Crippen LogP contribution >= 0.6 is 0 Å². The van der Waals surface area contributed by atoms with Gasteiger partial charge in [-0.05, 0) is 13.0 Å². The van der Waals surface area contributed by atoms with Crippen molar-refractivity contribution < 1.29 is 4.79 Å². The predicted molar refractivity (Wildman–Crippen MR) is 52.0 cm³/mol. The summed E-state index contributed by atoms with van der Waals surface area (Å²) in [7, 11) is 0. The highest BCUT2D eigenvalue weighted by Crippen LogP contribution is 2.25. The quantitative estimate of drug-likeness (QED) is 0.617. The number of likely N-dealkylation sites (N-methyl/N-ethyl adjacent to an activating group) is 1. The van der Waals surface area contributed by atoms with E-state index in [-0.39, 0.29) is 11.9 Å². The lowest BCUT2D eigenvalue weighted by molar-refractivity contribution is -0.132. The Balaban J connectivity index is 2.98. The summed E-state index contributed by atoms with van der Waals surface area (Å²) in [5, 5.41) is 12.2. The summed E-state index contributed by atoms with van der Waals surface area (Å²) in [6.07, 6.45) is 0.667. The van der Waals surface area contributed by atoms with Crippen LogP contribution < -0.4 is 11.1 Å². The van der Waals surface area contributed by atoms with E-state index in [1.807, 2.05) is 6.92 Å². The molecular formula is C9H16N4O. The average Bonchev–Trinajstić information content (AvgIpc) is 2.45. The maximum Gasteiger partial charge on any atom is 0.221 e. The molecule has 0 aromatic heterocycles. The van der Waals surface area contributed by atoms with E-state index in [1.165, 1.54) is 11.8 Å². The van der Waals surface area contributed by atoms with Crippen LogP contribution in [0, 0.1) is 11.3 Å². The first-order valence-electron chi connectivity index (χ1n) is 4.78. The van der Waals surface area contributed by atoms with Crippen molar-refractivity contribution in [3.05, 3.63) is 0 Å². The van der Waals surface area contributed by atoms with Gasteiger partial charge in [-0.25, -0.2) is 0 Å². The highest BCUT2D eigenvalue weighted by molar-refractivity contribution is 5.75. The second kappa shape index (κ2) is 3.95. The van der Waals surface area contributed by atoms with Crippen LogP contribution in [-0.2, 0) is 4.79 Å². The van der Waals surface area contributed by atoms with Gasteiger partial charge in [0.1, 0.15) is 6.07 Å². The number of nitriles is 1. The van der Waals surface area contributed by atoms with E-state index in [4.69, 9.17) is 11.0 Å². The van der Waals surface area contributed by atoms with E-state index in [2.05, 4.69) is 11.4 Å². The Hall–Kier alpha value is -1.12. The molecule has 14 heavy (non-hydrogen) atoms. The van der Waals surface area contributed by atoms with Crippen molar-refractivity contribution in [2.75, 3.05) is 13.1 Å². The molecule has 0 radical (unpaired) electrons. The molecule has 1 fully saturated rings. The van der Waals surface area contributed by atoms with Crippen molar-refractivity contribution in [1.82, 2.24) is 10.2 Å². The lowest BCUT2D eigenvalue weighted by Gasteiger charge is -2.34. The predicted octanol–water partition coefficient (Wildman–Crippen LogP) is -0.605. The molecule has 0 aromatic carbocycles. The topological polar surface area (TPSA) is 82.2 Å². The molecule has 1 saturated heterocycles. The van der Waals surface area contributed by atoms with Crippen LogP contribution in [0.25, 0.3) is 0 Å². The molecule has 5 nitrogen and oxygen atoms in total. The number of nitrogens with one attached hydrogen (secondary N) is 1. The number of nitrogens with two attached hydrogens (primary N) is 1. The largest absolute Gasteiger partial charge is 0.324 e. The van der Waals surface area contributed by atoms with Crippen molar-refractivity contribution in [2.24, 2.45) is 5.73 Å². The summed E-state index contributed by atoms with van der Waals surface area (Å²) in [5.41, 5.74) is 4.86. The van der Waals surface area contributed by atoms with Crippen LogP contribution in [0.3, 0.4) is 0 Å². The number of hydrogen-bond donors (Lipinski definition) is 2. The molecule has 0 spiro atoms. The van der Waals surface area contributed by atoms with Crippen LogP contribution in [-0.4, -0.2) is 35.6 Å². The van der Waals surface area contributed by atoms with Gasteiger partial charge in [-0.2, -0.15) is 5.26 Å². The lowest BCUT2D eigenvalue weighted by atomic mass is 10.0. The van der Waals surface area contributed by atoms with Gasteiger partial charge in [0.25, 0.3) is 0 Å². The number of carbonyl (C=O) groups excluding carboxylic acids is 1. The van der Waals surface area contributed by atoms with E-state index < -0.39 is 5.66 Å². The molecule has 2 atom stereocenters. The van der Waals surface area contributed by atoms with Crippen LogP contribution in [0.1, 0.15) is 20.3 Å². The van der Waals surface area contributed by atoms with Crippen LogP contribution in [0.2, 0.25) is 0 Å². The maximum absolute atomic E-state index is 11.3. The smallest absolute Gasteiger partial charge is 0.221 e. The summed E-state index contributed by atoms with van der Waals surface area (Å²) < 4.78 is 0. The second-order valence-electron chi connectivity index (χ2n) is 3.47. The summed E-state index contributed by atoms with van der Waals surface area (Å²) >= 11 is 0. The zero-order chi connectivity index (χ0) is 10.8.